The molecule has 1 aliphatic rings. The predicted molar refractivity (Wildman–Crippen MR) is 73.1 cm³/mol. The molecule has 0 aliphatic carbocycles. The van der Waals surface area contributed by atoms with Crippen molar-refractivity contribution in [1.82, 2.24) is 10.2 Å². The topological polar surface area (TPSA) is 15.3 Å². The molecule has 1 fully saturated rings. The first kappa shape index (κ1) is 13.5. The maximum atomic E-state index is 12.9. The predicted octanol–water partition coefficient (Wildman–Crippen LogP) is 2.96. The van der Waals surface area contributed by atoms with Crippen LogP contribution in [0.3, 0.4) is 0 Å². The molecule has 100 valence electrons. The van der Waals surface area contributed by atoms with Gasteiger partial charge in [-0.25, -0.2) is 4.39 Å². The molecular weight excluding hydrogens is 227 g/mol. The van der Waals surface area contributed by atoms with Crippen LogP contribution in [0.25, 0.3) is 0 Å². The van der Waals surface area contributed by atoms with Crippen LogP contribution in [0.1, 0.15) is 37.8 Å². The molecule has 0 radical (unpaired) electrons. The molecule has 2 unspecified atom stereocenters. The summed E-state index contributed by atoms with van der Waals surface area (Å²) >= 11 is 0. The second kappa shape index (κ2) is 6.30. The number of rotatable bonds is 5. The molecule has 1 aromatic carbocycles. The molecule has 1 aliphatic heterocycles. The highest BCUT2D eigenvalue weighted by atomic mass is 19.1. The molecule has 1 heterocycles. The summed E-state index contributed by atoms with van der Waals surface area (Å²) in [5, 5.41) is 3.61. The summed E-state index contributed by atoms with van der Waals surface area (Å²) in [6.07, 6.45) is 3.61. The zero-order valence-electron chi connectivity index (χ0n) is 11.3. The van der Waals surface area contributed by atoms with Crippen molar-refractivity contribution in [2.45, 2.75) is 38.3 Å². The number of hydrogen-bond acceptors (Lipinski definition) is 2. The lowest BCUT2D eigenvalue weighted by Gasteiger charge is -2.24. The van der Waals surface area contributed by atoms with Crippen LogP contribution in [0, 0.1) is 5.82 Å². The molecule has 0 amide bonds. The Balaban J connectivity index is 1.91. The van der Waals surface area contributed by atoms with Gasteiger partial charge in [0.1, 0.15) is 5.82 Å². The minimum atomic E-state index is -0.163. The molecule has 0 bridgehead atoms. The monoisotopic (exact) mass is 250 g/mol. The van der Waals surface area contributed by atoms with Crippen molar-refractivity contribution in [3.63, 3.8) is 0 Å². The first-order chi connectivity index (χ1) is 8.70. The Hall–Kier alpha value is -0.930. The quantitative estimate of drug-likeness (QED) is 0.864. The van der Waals surface area contributed by atoms with Crippen molar-refractivity contribution in [3.8, 4) is 0 Å². The van der Waals surface area contributed by atoms with Crippen LogP contribution in [0.4, 0.5) is 4.39 Å². The molecule has 1 aromatic rings. The lowest BCUT2D eigenvalue weighted by atomic mass is 10.0. The van der Waals surface area contributed by atoms with Crippen molar-refractivity contribution in [1.29, 1.82) is 0 Å². The van der Waals surface area contributed by atoms with Gasteiger partial charge in [0, 0.05) is 18.6 Å². The van der Waals surface area contributed by atoms with Crippen molar-refractivity contribution in [2.75, 3.05) is 20.1 Å². The summed E-state index contributed by atoms with van der Waals surface area (Å²) < 4.78 is 12.9. The maximum Gasteiger partial charge on any atom is 0.123 e. The van der Waals surface area contributed by atoms with E-state index in [0.29, 0.717) is 12.1 Å². The lowest BCUT2D eigenvalue weighted by Crippen LogP contribution is -2.37. The Morgan fingerprint density at radius 2 is 2.11 bits per heavy atom. The first-order valence-electron chi connectivity index (χ1n) is 6.89. The fourth-order valence-corrected chi connectivity index (χ4v) is 2.71. The van der Waals surface area contributed by atoms with E-state index in [0.717, 1.165) is 13.0 Å². The third-order valence-electron chi connectivity index (χ3n) is 3.95. The van der Waals surface area contributed by atoms with E-state index in [2.05, 4.69) is 24.2 Å². The molecular formula is C15H23FN2. The van der Waals surface area contributed by atoms with E-state index in [1.54, 1.807) is 12.1 Å². The second-order valence-electron chi connectivity index (χ2n) is 5.20. The molecule has 0 aromatic heterocycles. The minimum absolute atomic E-state index is 0.163. The first-order valence-corrected chi connectivity index (χ1v) is 6.89. The number of nitrogens with zero attached hydrogens (tertiary/aromatic N) is 1. The van der Waals surface area contributed by atoms with Gasteiger partial charge in [0.2, 0.25) is 0 Å². The van der Waals surface area contributed by atoms with Gasteiger partial charge >= 0.3 is 0 Å². The molecule has 0 saturated carbocycles. The number of likely N-dealkylation sites (N-methyl/N-ethyl adjacent to an activating group) is 1. The minimum Gasteiger partial charge on any atom is -0.308 e. The zero-order valence-corrected chi connectivity index (χ0v) is 11.3. The fourth-order valence-electron chi connectivity index (χ4n) is 2.71. The average molecular weight is 250 g/mol. The van der Waals surface area contributed by atoms with E-state index < -0.39 is 0 Å². The van der Waals surface area contributed by atoms with Gasteiger partial charge in [-0.1, -0.05) is 19.1 Å². The molecule has 0 spiro atoms. The largest absolute Gasteiger partial charge is 0.308 e. The highest BCUT2D eigenvalue weighted by Crippen LogP contribution is 2.19. The van der Waals surface area contributed by atoms with E-state index in [-0.39, 0.29) is 5.82 Å². The van der Waals surface area contributed by atoms with Crippen LogP contribution in [0.5, 0.6) is 0 Å². The van der Waals surface area contributed by atoms with Crippen LogP contribution < -0.4 is 5.32 Å². The number of benzene rings is 1. The highest BCUT2D eigenvalue weighted by molar-refractivity contribution is 5.19. The second-order valence-corrected chi connectivity index (χ2v) is 5.20. The number of likely N-dealkylation sites (tertiary alicyclic amines) is 1. The maximum absolute atomic E-state index is 12.9. The van der Waals surface area contributed by atoms with Gasteiger partial charge in [0.15, 0.2) is 0 Å². The molecule has 2 nitrogen and oxygen atoms in total. The van der Waals surface area contributed by atoms with E-state index in [4.69, 9.17) is 0 Å². The molecule has 2 rings (SSSR count). The van der Waals surface area contributed by atoms with Gasteiger partial charge < -0.3 is 10.2 Å². The van der Waals surface area contributed by atoms with Gasteiger partial charge in [-0.15, -0.1) is 0 Å². The Labute approximate surface area is 109 Å². The van der Waals surface area contributed by atoms with Crippen LogP contribution in [0.2, 0.25) is 0 Å². The lowest BCUT2D eigenvalue weighted by molar-refractivity contribution is 0.290. The van der Waals surface area contributed by atoms with Gasteiger partial charge in [0.05, 0.1) is 0 Å². The van der Waals surface area contributed by atoms with Crippen molar-refractivity contribution >= 4 is 0 Å². The van der Waals surface area contributed by atoms with E-state index in [1.807, 2.05) is 12.1 Å². The van der Waals surface area contributed by atoms with E-state index in [1.165, 1.54) is 24.9 Å². The number of hydrogen-bond donors (Lipinski definition) is 1. The molecule has 1 saturated heterocycles. The summed E-state index contributed by atoms with van der Waals surface area (Å²) in [5.41, 5.74) is 1.18. The third-order valence-corrected chi connectivity index (χ3v) is 3.95. The van der Waals surface area contributed by atoms with Crippen LogP contribution in [-0.2, 0) is 0 Å². The number of nitrogens with one attached hydrogen (secondary N) is 1. The van der Waals surface area contributed by atoms with Gasteiger partial charge in [0.25, 0.3) is 0 Å². The van der Waals surface area contributed by atoms with E-state index in [9.17, 15) is 4.39 Å². The normalized spacial score (nSPS) is 22.3. The van der Waals surface area contributed by atoms with Crippen molar-refractivity contribution in [2.24, 2.45) is 0 Å². The summed E-state index contributed by atoms with van der Waals surface area (Å²) in [4.78, 5) is 2.42. The Morgan fingerprint density at radius 3 is 2.67 bits per heavy atom. The summed E-state index contributed by atoms with van der Waals surface area (Å²) in [5.74, 6) is -0.163. The molecule has 1 N–H and O–H groups in total. The summed E-state index contributed by atoms with van der Waals surface area (Å²) in [7, 11) is 2.19. The zero-order chi connectivity index (χ0) is 13.0. The molecule has 2 atom stereocenters. The molecule has 3 heteroatoms. The third kappa shape index (κ3) is 3.30. The van der Waals surface area contributed by atoms with Gasteiger partial charge in [-0.3, -0.25) is 0 Å². The standard InChI is InChI=1S/C15H23FN2/c1-3-15(12-6-8-13(16)9-7-12)17-11-14-5-4-10-18(14)2/h6-9,14-15,17H,3-5,10-11H2,1-2H3. The Morgan fingerprint density at radius 1 is 1.39 bits per heavy atom. The van der Waals surface area contributed by atoms with Crippen LogP contribution >= 0.6 is 0 Å². The van der Waals surface area contributed by atoms with E-state index >= 15 is 0 Å². The Kier molecular flexibility index (Phi) is 4.72. The highest BCUT2D eigenvalue weighted by Gasteiger charge is 2.21. The summed E-state index contributed by atoms with van der Waals surface area (Å²) in [6.45, 7) is 4.39. The average Bonchev–Trinajstić information content (AvgIpc) is 2.78. The SMILES string of the molecule is CCC(NCC1CCCN1C)c1ccc(F)cc1. The molecule has 18 heavy (non-hydrogen) atoms. The van der Waals surface area contributed by atoms with Crippen molar-refractivity contribution in [3.05, 3.63) is 35.6 Å². The van der Waals surface area contributed by atoms with Crippen molar-refractivity contribution < 1.29 is 4.39 Å². The number of halogens is 1. The fraction of sp³-hybridized carbons (Fsp3) is 0.600. The summed E-state index contributed by atoms with van der Waals surface area (Å²) in [6, 6.07) is 7.84. The van der Waals surface area contributed by atoms with Crippen LogP contribution in [0.15, 0.2) is 24.3 Å². The smallest absolute Gasteiger partial charge is 0.123 e. The van der Waals surface area contributed by atoms with Gasteiger partial charge in [-0.05, 0) is 50.6 Å². The Bertz CT molecular complexity index is 363. The van der Waals surface area contributed by atoms with Crippen LogP contribution in [-0.4, -0.2) is 31.1 Å². The van der Waals surface area contributed by atoms with Gasteiger partial charge in [-0.2, -0.15) is 0 Å².